The van der Waals surface area contributed by atoms with Gasteiger partial charge in [-0.1, -0.05) is 11.2 Å². The Kier molecular flexibility index (Phi) is 7.72. The molecule has 3 rings (SSSR count). The molecule has 1 amide bonds. The van der Waals surface area contributed by atoms with Crippen molar-refractivity contribution in [2.45, 2.75) is 26.5 Å². The van der Waals surface area contributed by atoms with Gasteiger partial charge in [0.25, 0.3) is 0 Å². The fourth-order valence-electron chi connectivity index (χ4n) is 3.21. The molecule has 170 valence electrons. The lowest BCUT2D eigenvalue weighted by molar-refractivity contribution is -0.116. The van der Waals surface area contributed by atoms with E-state index >= 15 is 0 Å². The highest BCUT2D eigenvalue weighted by atomic mass is 16.5. The Bertz CT molecular complexity index is 1030. The molecule has 0 bridgehead atoms. The van der Waals surface area contributed by atoms with Crippen molar-refractivity contribution in [1.82, 2.24) is 15.4 Å². The van der Waals surface area contributed by atoms with E-state index in [4.69, 9.17) is 18.4 Å². The lowest BCUT2D eigenvalue weighted by Crippen LogP contribution is -2.33. The van der Waals surface area contributed by atoms with E-state index < -0.39 is 0 Å². The Hall–Kier alpha value is -3.52. The molecule has 8 nitrogen and oxygen atoms in total. The molecule has 1 aromatic carbocycles. The smallest absolute Gasteiger partial charge is 0.244 e. The van der Waals surface area contributed by atoms with E-state index in [9.17, 15) is 4.79 Å². The number of methoxy groups -OCH3 is 1. The maximum Gasteiger partial charge on any atom is 0.244 e. The first-order valence-electron chi connectivity index (χ1n) is 10.3. The molecule has 3 aromatic rings. The Labute approximate surface area is 187 Å². The minimum Gasteiger partial charge on any atom is -0.493 e. The number of likely N-dealkylation sites (N-methyl/N-ethyl adjacent to an activating group) is 1. The number of carbonyl (C=O) groups excluding carboxylic acids is 1. The van der Waals surface area contributed by atoms with Crippen LogP contribution in [0.4, 0.5) is 0 Å². The van der Waals surface area contributed by atoms with Crippen LogP contribution >= 0.6 is 0 Å². The molecule has 8 heteroatoms. The largest absolute Gasteiger partial charge is 0.493 e. The molecule has 1 atom stereocenters. The highest BCUT2D eigenvalue weighted by Crippen LogP contribution is 2.30. The van der Waals surface area contributed by atoms with Crippen molar-refractivity contribution >= 4 is 12.0 Å². The molecule has 0 fully saturated rings. The predicted octanol–water partition coefficient (Wildman–Crippen LogP) is 3.90. The van der Waals surface area contributed by atoms with Crippen molar-refractivity contribution in [2.75, 3.05) is 27.7 Å². The van der Waals surface area contributed by atoms with Crippen molar-refractivity contribution in [3.8, 4) is 11.5 Å². The topological polar surface area (TPSA) is 90.0 Å². The third kappa shape index (κ3) is 5.79. The fraction of sp³-hybridized carbons (Fsp3) is 0.333. The second-order valence-electron chi connectivity index (χ2n) is 7.58. The van der Waals surface area contributed by atoms with E-state index in [0.29, 0.717) is 24.7 Å². The van der Waals surface area contributed by atoms with Gasteiger partial charge in [-0.3, -0.25) is 9.69 Å². The molecular weight excluding hydrogens is 410 g/mol. The number of nitrogens with one attached hydrogen (secondary N) is 1. The molecule has 1 N–H and O–H groups in total. The van der Waals surface area contributed by atoms with Gasteiger partial charge >= 0.3 is 0 Å². The number of ether oxygens (including phenoxy) is 2. The molecule has 0 saturated heterocycles. The Morgan fingerprint density at radius 3 is 2.69 bits per heavy atom. The molecule has 0 aliphatic heterocycles. The van der Waals surface area contributed by atoms with Crippen molar-refractivity contribution in [2.24, 2.45) is 0 Å². The lowest BCUT2D eigenvalue weighted by Gasteiger charge is -2.22. The van der Waals surface area contributed by atoms with Crippen LogP contribution in [-0.2, 0) is 11.4 Å². The zero-order valence-corrected chi connectivity index (χ0v) is 19.0. The highest BCUT2D eigenvalue weighted by molar-refractivity contribution is 5.91. The maximum absolute atomic E-state index is 12.3. The van der Waals surface area contributed by atoms with Gasteiger partial charge in [0, 0.05) is 12.6 Å². The van der Waals surface area contributed by atoms with Crippen LogP contribution in [0.25, 0.3) is 6.08 Å². The SMILES string of the molecule is COc1cc(/C=C/C(=O)NCC(c2ccco2)N(C)C)ccc1OCc1c(C)noc1C. The van der Waals surface area contributed by atoms with Crippen LogP contribution in [0.5, 0.6) is 11.5 Å². The van der Waals surface area contributed by atoms with Gasteiger partial charge in [-0.15, -0.1) is 0 Å². The van der Waals surface area contributed by atoms with Crippen LogP contribution in [-0.4, -0.2) is 43.7 Å². The molecule has 2 heterocycles. The van der Waals surface area contributed by atoms with E-state index in [-0.39, 0.29) is 11.9 Å². The molecule has 2 aromatic heterocycles. The van der Waals surface area contributed by atoms with E-state index in [1.165, 1.54) is 6.08 Å². The monoisotopic (exact) mass is 439 g/mol. The highest BCUT2D eigenvalue weighted by Gasteiger charge is 2.17. The van der Waals surface area contributed by atoms with Crippen molar-refractivity contribution in [3.05, 3.63) is 71.0 Å². The Morgan fingerprint density at radius 2 is 2.06 bits per heavy atom. The van der Waals surface area contributed by atoms with Crippen LogP contribution in [0.3, 0.4) is 0 Å². The summed E-state index contributed by atoms with van der Waals surface area (Å²) < 4.78 is 22.0. The summed E-state index contributed by atoms with van der Waals surface area (Å²) in [5.74, 6) is 2.51. The number of furan rings is 1. The number of rotatable bonds is 10. The average Bonchev–Trinajstić information content (AvgIpc) is 3.41. The summed E-state index contributed by atoms with van der Waals surface area (Å²) in [6.45, 7) is 4.49. The number of nitrogens with zero attached hydrogens (tertiary/aromatic N) is 2. The molecule has 0 radical (unpaired) electrons. The first-order valence-corrected chi connectivity index (χ1v) is 10.3. The summed E-state index contributed by atoms with van der Waals surface area (Å²) in [4.78, 5) is 14.3. The molecule has 0 saturated carbocycles. The Balaban J connectivity index is 1.59. The summed E-state index contributed by atoms with van der Waals surface area (Å²) in [5, 5.41) is 6.85. The van der Waals surface area contributed by atoms with Crippen LogP contribution in [0.1, 0.15) is 34.4 Å². The van der Waals surface area contributed by atoms with Gasteiger partial charge in [0.2, 0.25) is 5.91 Å². The molecule has 0 aliphatic carbocycles. The van der Waals surface area contributed by atoms with Gasteiger partial charge in [0.05, 0.1) is 30.7 Å². The number of amides is 1. The van der Waals surface area contributed by atoms with Crippen molar-refractivity contribution in [3.63, 3.8) is 0 Å². The van der Waals surface area contributed by atoms with E-state index in [0.717, 1.165) is 28.3 Å². The summed E-state index contributed by atoms with van der Waals surface area (Å²) in [6, 6.07) is 9.18. The summed E-state index contributed by atoms with van der Waals surface area (Å²) in [6.07, 6.45) is 4.85. The van der Waals surface area contributed by atoms with Crippen molar-refractivity contribution < 1.29 is 23.2 Å². The first-order chi connectivity index (χ1) is 15.4. The van der Waals surface area contributed by atoms with Crippen LogP contribution in [0.2, 0.25) is 0 Å². The third-order valence-corrected chi connectivity index (χ3v) is 5.13. The maximum atomic E-state index is 12.3. The standard InChI is InChI=1S/C24H29N3O5/c1-16-19(17(2)32-26-16)15-31-22-10-8-18(13-23(22)29-5)9-11-24(28)25-14-20(27(3)4)21-7-6-12-30-21/h6-13,20H,14-15H2,1-5H3,(H,25,28)/b11-9+. The minimum atomic E-state index is -0.193. The third-order valence-electron chi connectivity index (χ3n) is 5.13. The van der Waals surface area contributed by atoms with E-state index in [2.05, 4.69) is 10.5 Å². The van der Waals surface area contributed by atoms with Gasteiger partial charge in [0.1, 0.15) is 18.1 Å². The van der Waals surface area contributed by atoms with Crippen LogP contribution in [0, 0.1) is 13.8 Å². The molecule has 32 heavy (non-hydrogen) atoms. The second kappa shape index (κ2) is 10.7. The van der Waals surface area contributed by atoms with Crippen molar-refractivity contribution in [1.29, 1.82) is 0 Å². The van der Waals surface area contributed by atoms with Crippen LogP contribution < -0.4 is 14.8 Å². The van der Waals surface area contributed by atoms with Crippen LogP contribution in [0.15, 0.2) is 51.6 Å². The molecular formula is C24H29N3O5. The summed E-state index contributed by atoms with van der Waals surface area (Å²) in [7, 11) is 5.46. The summed E-state index contributed by atoms with van der Waals surface area (Å²) >= 11 is 0. The molecule has 0 aliphatic rings. The lowest BCUT2D eigenvalue weighted by atomic mass is 10.1. The van der Waals surface area contributed by atoms with E-state index in [1.807, 2.05) is 63.2 Å². The van der Waals surface area contributed by atoms with Gasteiger partial charge in [-0.05, 0) is 63.8 Å². The molecule has 0 spiro atoms. The first kappa shape index (κ1) is 23.1. The van der Waals surface area contributed by atoms with Gasteiger partial charge in [-0.2, -0.15) is 0 Å². The van der Waals surface area contributed by atoms with E-state index in [1.54, 1.807) is 19.4 Å². The molecule has 1 unspecified atom stereocenters. The number of carbonyl (C=O) groups is 1. The van der Waals surface area contributed by atoms with Gasteiger partial charge in [0.15, 0.2) is 11.5 Å². The van der Waals surface area contributed by atoms with Gasteiger partial charge in [-0.25, -0.2) is 0 Å². The minimum absolute atomic E-state index is 0.0448. The second-order valence-corrected chi connectivity index (χ2v) is 7.58. The normalized spacial score (nSPS) is 12.3. The predicted molar refractivity (Wildman–Crippen MR) is 120 cm³/mol. The zero-order chi connectivity index (χ0) is 23.1. The number of hydrogen-bond acceptors (Lipinski definition) is 7. The summed E-state index contributed by atoms with van der Waals surface area (Å²) in [5.41, 5.74) is 2.53. The van der Waals surface area contributed by atoms with Gasteiger partial charge < -0.3 is 23.7 Å². The zero-order valence-electron chi connectivity index (χ0n) is 19.0. The number of benzene rings is 1. The fourth-order valence-corrected chi connectivity index (χ4v) is 3.21. The number of hydrogen-bond donors (Lipinski definition) is 1. The average molecular weight is 440 g/mol. The number of aromatic nitrogens is 1. The number of aryl methyl sites for hydroxylation is 2. The quantitative estimate of drug-likeness (QED) is 0.479. The Morgan fingerprint density at radius 1 is 1.25 bits per heavy atom.